The lowest BCUT2D eigenvalue weighted by molar-refractivity contribution is 0.600. The maximum Gasteiger partial charge on any atom is 0.152 e. The summed E-state index contributed by atoms with van der Waals surface area (Å²) in [5.74, 6) is 1.86. The van der Waals surface area contributed by atoms with Crippen molar-refractivity contribution in [1.29, 1.82) is 0 Å². The Kier molecular flexibility index (Phi) is 4.90. The quantitative estimate of drug-likeness (QED) is 0.844. The SMILES string of the molecule is CN(c1cc(Nc2ccc(N3CCCC3)cc2)ncn1)C1CCS(=O)(=O)C1. The van der Waals surface area contributed by atoms with E-state index in [4.69, 9.17) is 0 Å². The highest BCUT2D eigenvalue weighted by Crippen LogP contribution is 2.25. The monoisotopic (exact) mass is 387 g/mol. The molecule has 2 fully saturated rings. The van der Waals surface area contributed by atoms with Crippen molar-refractivity contribution in [3.05, 3.63) is 36.7 Å². The number of hydrogen-bond donors (Lipinski definition) is 1. The molecule has 2 aromatic rings. The number of rotatable bonds is 5. The zero-order valence-corrected chi connectivity index (χ0v) is 16.3. The van der Waals surface area contributed by atoms with E-state index in [2.05, 4.69) is 44.5 Å². The van der Waals surface area contributed by atoms with Crippen LogP contribution < -0.4 is 15.1 Å². The van der Waals surface area contributed by atoms with Crippen molar-refractivity contribution in [2.75, 3.05) is 46.8 Å². The van der Waals surface area contributed by atoms with Crippen LogP contribution in [0.3, 0.4) is 0 Å². The second kappa shape index (κ2) is 7.34. The van der Waals surface area contributed by atoms with E-state index in [-0.39, 0.29) is 17.5 Å². The van der Waals surface area contributed by atoms with Crippen LogP contribution in [0.5, 0.6) is 0 Å². The molecular weight excluding hydrogens is 362 g/mol. The molecule has 27 heavy (non-hydrogen) atoms. The molecule has 1 N–H and O–H groups in total. The Morgan fingerprint density at radius 3 is 2.56 bits per heavy atom. The number of nitrogens with one attached hydrogen (secondary N) is 1. The highest BCUT2D eigenvalue weighted by molar-refractivity contribution is 7.91. The van der Waals surface area contributed by atoms with Crippen molar-refractivity contribution in [1.82, 2.24) is 9.97 Å². The molecule has 0 radical (unpaired) electrons. The average molecular weight is 388 g/mol. The molecule has 2 saturated heterocycles. The molecule has 0 amide bonds. The van der Waals surface area contributed by atoms with Gasteiger partial charge in [-0.25, -0.2) is 18.4 Å². The number of nitrogens with zero attached hydrogens (tertiary/aromatic N) is 4. The molecule has 0 bridgehead atoms. The molecule has 2 aliphatic rings. The average Bonchev–Trinajstić information content (AvgIpc) is 3.32. The van der Waals surface area contributed by atoms with E-state index in [1.54, 1.807) is 0 Å². The van der Waals surface area contributed by atoms with Gasteiger partial charge in [0.1, 0.15) is 18.0 Å². The zero-order valence-electron chi connectivity index (χ0n) is 15.5. The van der Waals surface area contributed by atoms with Crippen molar-refractivity contribution in [2.45, 2.75) is 25.3 Å². The van der Waals surface area contributed by atoms with Crippen LogP contribution in [0, 0.1) is 0 Å². The summed E-state index contributed by atoms with van der Waals surface area (Å²) in [7, 11) is -1.03. The fourth-order valence-corrected chi connectivity index (χ4v) is 5.53. The van der Waals surface area contributed by atoms with Crippen LogP contribution >= 0.6 is 0 Å². The van der Waals surface area contributed by atoms with E-state index in [0.29, 0.717) is 12.2 Å². The second-order valence-corrected chi connectivity index (χ2v) is 9.52. The first-order valence-corrected chi connectivity index (χ1v) is 11.2. The maximum atomic E-state index is 11.7. The third-order valence-corrected chi connectivity index (χ3v) is 7.13. The molecule has 4 rings (SSSR count). The van der Waals surface area contributed by atoms with E-state index in [9.17, 15) is 8.42 Å². The molecule has 144 valence electrons. The van der Waals surface area contributed by atoms with Gasteiger partial charge in [-0.3, -0.25) is 0 Å². The van der Waals surface area contributed by atoms with E-state index in [1.165, 1.54) is 24.9 Å². The summed E-state index contributed by atoms with van der Waals surface area (Å²) in [5, 5.41) is 3.31. The van der Waals surface area contributed by atoms with Gasteiger partial charge in [-0.2, -0.15) is 0 Å². The van der Waals surface area contributed by atoms with Crippen molar-refractivity contribution in [3.63, 3.8) is 0 Å². The van der Waals surface area contributed by atoms with Crippen LogP contribution in [0.2, 0.25) is 0 Å². The van der Waals surface area contributed by atoms with Gasteiger partial charge in [0.25, 0.3) is 0 Å². The summed E-state index contributed by atoms with van der Waals surface area (Å²) in [6, 6.07) is 10.2. The summed E-state index contributed by atoms with van der Waals surface area (Å²) >= 11 is 0. The highest BCUT2D eigenvalue weighted by atomic mass is 32.2. The number of aromatic nitrogens is 2. The Morgan fingerprint density at radius 2 is 1.89 bits per heavy atom. The normalized spacial score (nSPS) is 21.4. The Bertz CT molecular complexity index is 895. The molecule has 1 unspecified atom stereocenters. The fraction of sp³-hybridized carbons (Fsp3) is 0.474. The van der Waals surface area contributed by atoms with Crippen LogP contribution in [-0.2, 0) is 9.84 Å². The van der Waals surface area contributed by atoms with Crippen LogP contribution in [0.25, 0.3) is 0 Å². The summed E-state index contributed by atoms with van der Waals surface area (Å²) in [6.45, 7) is 2.26. The zero-order chi connectivity index (χ0) is 18.9. The number of anilines is 4. The maximum absolute atomic E-state index is 11.7. The van der Waals surface area contributed by atoms with Crippen molar-refractivity contribution in [2.24, 2.45) is 0 Å². The molecule has 0 spiro atoms. The minimum atomic E-state index is -2.92. The van der Waals surface area contributed by atoms with Gasteiger partial charge < -0.3 is 15.1 Å². The van der Waals surface area contributed by atoms with Crippen molar-refractivity contribution in [3.8, 4) is 0 Å². The standard InChI is InChI=1S/C19H25N5O2S/c1-23(17-8-11-27(25,26)13-17)19-12-18(20-14-21-19)22-15-4-6-16(7-5-15)24-9-2-3-10-24/h4-7,12,14,17H,2-3,8-11,13H2,1H3,(H,20,21,22). The lowest BCUT2D eigenvalue weighted by Crippen LogP contribution is -2.33. The van der Waals surface area contributed by atoms with Crippen molar-refractivity contribution < 1.29 is 8.42 Å². The summed E-state index contributed by atoms with van der Waals surface area (Å²) in [6.07, 6.45) is 4.68. The third kappa shape index (κ3) is 4.16. The molecule has 1 aromatic carbocycles. The highest BCUT2D eigenvalue weighted by Gasteiger charge is 2.31. The van der Waals surface area contributed by atoms with E-state index < -0.39 is 9.84 Å². The molecule has 7 nitrogen and oxygen atoms in total. The third-order valence-electron chi connectivity index (χ3n) is 5.38. The summed E-state index contributed by atoms with van der Waals surface area (Å²) in [5.41, 5.74) is 2.22. The molecular formula is C19H25N5O2S. The molecule has 2 aliphatic heterocycles. The van der Waals surface area contributed by atoms with Crippen LogP contribution in [-0.4, -0.2) is 56.1 Å². The Morgan fingerprint density at radius 1 is 1.15 bits per heavy atom. The van der Waals surface area contributed by atoms with Crippen LogP contribution in [0.1, 0.15) is 19.3 Å². The molecule has 3 heterocycles. The first kappa shape index (κ1) is 18.0. The molecule has 0 aliphatic carbocycles. The Balaban J connectivity index is 1.44. The van der Waals surface area contributed by atoms with Gasteiger partial charge >= 0.3 is 0 Å². The number of sulfone groups is 1. The number of benzene rings is 1. The topological polar surface area (TPSA) is 78.4 Å². The number of hydrogen-bond acceptors (Lipinski definition) is 7. The summed E-state index contributed by atoms with van der Waals surface area (Å²) < 4.78 is 23.5. The fourth-order valence-electron chi connectivity index (χ4n) is 3.75. The second-order valence-electron chi connectivity index (χ2n) is 7.30. The van der Waals surface area contributed by atoms with Crippen LogP contribution in [0.15, 0.2) is 36.7 Å². The molecule has 8 heteroatoms. The van der Waals surface area contributed by atoms with Gasteiger partial charge in [0.2, 0.25) is 0 Å². The summed E-state index contributed by atoms with van der Waals surface area (Å²) in [4.78, 5) is 12.9. The minimum Gasteiger partial charge on any atom is -0.372 e. The Hall–Kier alpha value is -2.35. The first-order chi connectivity index (χ1) is 13.0. The predicted molar refractivity (Wildman–Crippen MR) is 109 cm³/mol. The van der Waals surface area contributed by atoms with Gasteiger partial charge in [0.05, 0.1) is 11.5 Å². The smallest absolute Gasteiger partial charge is 0.152 e. The van der Waals surface area contributed by atoms with Gasteiger partial charge in [-0.05, 0) is 43.5 Å². The largest absolute Gasteiger partial charge is 0.372 e. The molecule has 1 aromatic heterocycles. The van der Waals surface area contributed by atoms with E-state index in [0.717, 1.165) is 24.6 Å². The predicted octanol–water partition coefficient (Wildman–Crippen LogP) is 2.44. The van der Waals surface area contributed by atoms with Gasteiger partial charge in [-0.15, -0.1) is 0 Å². The van der Waals surface area contributed by atoms with Gasteiger partial charge in [0.15, 0.2) is 9.84 Å². The van der Waals surface area contributed by atoms with Crippen molar-refractivity contribution >= 4 is 32.8 Å². The molecule has 0 saturated carbocycles. The first-order valence-electron chi connectivity index (χ1n) is 9.37. The molecule has 1 atom stereocenters. The van der Waals surface area contributed by atoms with Crippen LogP contribution in [0.4, 0.5) is 23.0 Å². The van der Waals surface area contributed by atoms with Gasteiger partial charge in [0, 0.05) is 43.6 Å². The Labute approximate surface area is 160 Å². The lowest BCUT2D eigenvalue weighted by Gasteiger charge is -2.24. The lowest BCUT2D eigenvalue weighted by atomic mass is 10.2. The minimum absolute atomic E-state index is 0.0301. The van der Waals surface area contributed by atoms with E-state index in [1.807, 2.05) is 18.0 Å². The van der Waals surface area contributed by atoms with E-state index >= 15 is 0 Å². The van der Waals surface area contributed by atoms with Gasteiger partial charge in [-0.1, -0.05) is 0 Å².